The molecule has 1 amide bonds. The molecule has 2 aromatic rings. The third kappa shape index (κ3) is 3.67. The van der Waals surface area contributed by atoms with Gasteiger partial charge in [0.15, 0.2) is 0 Å². The Kier molecular flexibility index (Phi) is 4.68. The zero-order valence-electron chi connectivity index (χ0n) is 11.5. The standard InChI is InChI=1S/C16H15NO4/c1-21-16(20)13-7-5-12(6-8-13)15(19)17-14-4-2-3-11(9-14)10-18/h2-9,18H,10H2,1H3,(H,17,19). The molecule has 5 heteroatoms. The fourth-order valence-electron chi connectivity index (χ4n) is 1.83. The number of aliphatic hydroxyl groups excluding tert-OH is 1. The van der Waals surface area contributed by atoms with Crippen molar-refractivity contribution in [3.8, 4) is 0 Å². The van der Waals surface area contributed by atoms with Gasteiger partial charge in [0, 0.05) is 11.3 Å². The molecule has 0 spiro atoms. The summed E-state index contributed by atoms with van der Waals surface area (Å²) in [6.45, 7) is -0.0858. The molecular formula is C16H15NO4. The van der Waals surface area contributed by atoms with E-state index in [0.717, 1.165) is 0 Å². The van der Waals surface area contributed by atoms with Gasteiger partial charge in [0.1, 0.15) is 0 Å². The van der Waals surface area contributed by atoms with Crippen LogP contribution in [0.15, 0.2) is 48.5 Å². The maximum Gasteiger partial charge on any atom is 0.337 e. The van der Waals surface area contributed by atoms with Crippen molar-refractivity contribution in [3.05, 3.63) is 65.2 Å². The van der Waals surface area contributed by atoms with Crippen LogP contribution in [-0.4, -0.2) is 24.1 Å². The molecule has 0 unspecified atom stereocenters. The molecule has 21 heavy (non-hydrogen) atoms. The van der Waals surface area contributed by atoms with Crippen molar-refractivity contribution in [3.63, 3.8) is 0 Å². The number of ether oxygens (including phenoxy) is 1. The van der Waals surface area contributed by atoms with Gasteiger partial charge in [-0.05, 0) is 42.0 Å². The van der Waals surface area contributed by atoms with E-state index in [2.05, 4.69) is 10.1 Å². The fourth-order valence-corrected chi connectivity index (χ4v) is 1.83. The topological polar surface area (TPSA) is 75.6 Å². The molecule has 0 aliphatic heterocycles. The molecule has 0 heterocycles. The molecule has 108 valence electrons. The van der Waals surface area contributed by atoms with E-state index < -0.39 is 5.97 Å². The van der Waals surface area contributed by atoms with Gasteiger partial charge in [0.2, 0.25) is 0 Å². The number of hydrogen-bond donors (Lipinski definition) is 2. The summed E-state index contributed by atoms with van der Waals surface area (Å²) in [5.74, 6) is -0.737. The lowest BCUT2D eigenvalue weighted by Gasteiger charge is -2.07. The monoisotopic (exact) mass is 285 g/mol. The lowest BCUT2D eigenvalue weighted by Crippen LogP contribution is -2.12. The zero-order chi connectivity index (χ0) is 15.2. The predicted octanol–water partition coefficient (Wildman–Crippen LogP) is 2.22. The Morgan fingerprint density at radius 1 is 1.10 bits per heavy atom. The highest BCUT2D eigenvalue weighted by molar-refractivity contribution is 6.04. The summed E-state index contributed by atoms with van der Waals surface area (Å²) < 4.78 is 4.59. The first-order chi connectivity index (χ1) is 10.1. The number of amides is 1. The second-order valence-corrected chi connectivity index (χ2v) is 4.38. The van der Waals surface area contributed by atoms with E-state index in [-0.39, 0.29) is 12.5 Å². The molecule has 0 saturated carbocycles. The molecule has 0 aromatic heterocycles. The molecule has 0 aliphatic carbocycles. The molecule has 0 bridgehead atoms. The second-order valence-electron chi connectivity index (χ2n) is 4.38. The van der Waals surface area contributed by atoms with Crippen LogP contribution in [0.3, 0.4) is 0 Å². The first-order valence-corrected chi connectivity index (χ1v) is 6.33. The maximum atomic E-state index is 12.1. The van der Waals surface area contributed by atoms with Gasteiger partial charge in [-0.1, -0.05) is 12.1 Å². The number of carbonyl (C=O) groups excluding carboxylic acids is 2. The van der Waals surface area contributed by atoms with E-state index in [0.29, 0.717) is 22.4 Å². The number of hydrogen-bond acceptors (Lipinski definition) is 4. The van der Waals surface area contributed by atoms with Gasteiger partial charge in [-0.3, -0.25) is 4.79 Å². The molecule has 0 fully saturated rings. The van der Waals surface area contributed by atoms with Crippen molar-refractivity contribution in [1.29, 1.82) is 0 Å². The predicted molar refractivity (Wildman–Crippen MR) is 78.1 cm³/mol. The van der Waals surface area contributed by atoms with Crippen LogP contribution in [0.4, 0.5) is 5.69 Å². The highest BCUT2D eigenvalue weighted by atomic mass is 16.5. The first kappa shape index (κ1) is 14.7. The van der Waals surface area contributed by atoms with E-state index in [4.69, 9.17) is 5.11 Å². The SMILES string of the molecule is COC(=O)c1ccc(C(=O)Nc2cccc(CO)c2)cc1. The number of carbonyl (C=O) groups is 2. The van der Waals surface area contributed by atoms with E-state index in [1.165, 1.54) is 19.2 Å². The Hall–Kier alpha value is -2.66. The minimum absolute atomic E-state index is 0.0858. The van der Waals surface area contributed by atoms with Gasteiger partial charge < -0.3 is 15.2 Å². The van der Waals surface area contributed by atoms with Crippen molar-refractivity contribution in [2.24, 2.45) is 0 Å². The molecule has 0 saturated heterocycles. The van der Waals surface area contributed by atoms with E-state index in [1.807, 2.05) is 0 Å². The van der Waals surface area contributed by atoms with Crippen molar-refractivity contribution in [2.45, 2.75) is 6.61 Å². The van der Waals surface area contributed by atoms with Crippen LogP contribution in [-0.2, 0) is 11.3 Å². The van der Waals surface area contributed by atoms with E-state index in [1.54, 1.807) is 36.4 Å². The average molecular weight is 285 g/mol. The summed E-state index contributed by atoms with van der Waals surface area (Å²) >= 11 is 0. The second kappa shape index (κ2) is 6.67. The van der Waals surface area contributed by atoms with Gasteiger partial charge in [-0.15, -0.1) is 0 Å². The lowest BCUT2D eigenvalue weighted by molar-refractivity contribution is 0.0600. The Balaban J connectivity index is 2.11. The number of benzene rings is 2. The molecule has 2 N–H and O–H groups in total. The van der Waals surface area contributed by atoms with Crippen molar-refractivity contribution >= 4 is 17.6 Å². The van der Waals surface area contributed by atoms with Crippen LogP contribution in [0, 0.1) is 0 Å². The average Bonchev–Trinajstić information content (AvgIpc) is 2.54. The quantitative estimate of drug-likeness (QED) is 0.845. The summed E-state index contributed by atoms with van der Waals surface area (Å²) in [5.41, 5.74) is 2.13. The van der Waals surface area contributed by atoms with Gasteiger partial charge >= 0.3 is 5.97 Å². The van der Waals surface area contributed by atoms with Crippen LogP contribution in [0.1, 0.15) is 26.3 Å². The molecule has 5 nitrogen and oxygen atoms in total. The van der Waals surface area contributed by atoms with Crippen LogP contribution in [0.25, 0.3) is 0 Å². The summed E-state index contributed by atoms with van der Waals surface area (Å²) in [6.07, 6.45) is 0. The Morgan fingerprint density at radius 3 is 2.38 bits per heavy atom. The third-order valence-electron chi connectivity index (χ3n) is 2.94. The van der Waals surface area contributed by atoms with Crippen molar-refractivity contribution < 1.29 is 19.4 Å². The smallest absolute Gasteiger partial charge is 0.337 e. The number of esters is 1. The third-order valence-corrected chi connectivity index (χ3v) is 2.94. The molecular weight excluding hydrogens is 270 g/mol. The fraction of sp³-hybridized carbons (Fsp3) is 0.125. The minimum Gasteiger partial charge on any atom is -0.465 e. The molecule has 0 aliphatic rings. The normalized spacial score (nSPS) is 10.0. The molecule has 2 aromatic carbocycles. The van der Waals surface area contributed by atoms with Crippen LogP contribution in [0.2, 0.25) is 0 Å². The van der Waals surface area contributed by atoms with Gasteiger partial charge in [0.25, 0.3) is 5.91 Å². The first-order valence-electron chi connectivity index (χ1n) is 6.33. The summed E-state index contributed by atoms with van der Waals surface area (Å²) in [4.78, 5) is 23.4. The molecule has 0 atom stereocenters. The lowest BCUT2D eigenvalue weighted by atomic mass is 10.1. The van der Waals surface area contributed by atoms with Crippen LogP contribution < -0.4 is 5.32 Å². The number of rotatable bonds is 4. The number of methoxy groups -OCH3 is 1. The number of nitrogens with one attached hydrogen (secondary N) is 1. The van der Waals surface area contributed by atoms with Gasteiger partial charge in [-0.2, -0.15) is 0 Å². The highest BCUT2D eigenvalue weighted by Gasteiger charge is 2.09. The summed E-state index contributed by atoms with van der Waals surface area (Å²) in [7, 11) is 1.30. The Morgan fingerprint density at radius 2 is 1.76 bits per heavy atom. The van der Waals surface area contributed by atoms with Crippen LogP contribution >= 0.6 is 0 Å². The van der Waals surface area contributed by atoms with Crippen molar-refractivity contribution in [2.75, 3.05) is 12.4 Å². The van der Waals surface area contributed by atoms with Gasteiger partial charge in [-0.25, -0.2) is 4.79 Å². The highest BCUT2D eigenvalue weighted by Crippen LogP contribution is 2.13. The van der Waals surface area contributed by atoms with Crippen LogP contribution in [0.5, 0.6) is 0 Å². The summed E-state index contributed by atoms with van der Waals surface area (Å²) in [6, 6.07) is 13.1. The van der Waals surface area contributed by atoms with Gasteiger partial charge in [0.05, 0.1) is 19.3 Å². The molecule has 0 radical (unpaired) electrons. The van der Waals surface area contributed by atoms with Crippen molar-refractivity contribution in [1.82, 2.24) is 0 Å². The van der Waals surface area contributed by atoms with E-state index in [9.17, 15) is 9.59 Å². The largest absolute Gasteiger partial charge is 0.465 e. The Bertz CT molecular complexity index is 650. The number of aliphatic hydroxyl groups is 1. The molecule has 2 rings (SSSR count). The number of anilines is 1. The Labute approximate surface area is 122 Å². The summed E-state index contributed by atoms with van der Waals surface area (Å²) in [5, 5.41) is 11.8. The maximum absolute atomic E-state index is 12.1. The minimum atomic E-state index is -0.447. The zero-order valence-corrected chi connectivity index (χ0v) is 11.5. The van der Waals surface area contributed by atoms with E-state index >= 15 is 0 Å².